The summed E-state index contributed by atoms with van der Waals surface area (Å²) >= 11 is 0. The molecule has 4 heteroatoms. The van der Waals surface area contributed by atoms with Crippen LogP contribution in [-0.2, 0) is 0 Å². The summed E-state index contributed by atoms with van der Waals surface area (Å²) in [5, 5.41) is 2.51. The van der Waals surface area contributed by atoms with Gasteiger partial charge in [0.05, 0.1) is 0 Å². The molecule has 0 unspecified atom stereocenters. The maximum absolute atomic E-state index is 10.4. The fourth-order valence-corrected chi connectivity index (χ4v) is 0.730. The molecule has 2 amide bonds. The molecule has 4 nitrogen and oxygen atoms in total. The maximum Gasteiger partial charge on any atom is 0.316 e. The van der Waals surface area contributed by atoms with E-state index in [1.165, 1.54) is 0 Å². The molecular formula is C7H15N3O. The summed E-state index contributed by atoms with van der Waals surface area (Å²) in [5.74, 6) is 0. The molecule has 0 bridgehead atoms. The first kappa shape index (κ1) is 9.97. The highest BCUT2D eigenvalue weighted by Gasteiger charge is 1.96. The molecule has 0 saturated heterocycles. The second kappa shape index (κ2) is 5.73. The van der Waals surface area contributed by atoms with Gasteiger partial charge in [0, 0.05) is 5.70 Å². The Morgan fingerprint density at radius 3 is 2.64 bits per heavy atom. The van der Waals surface area contributed by atoms with Crippen LogP contribution in [0.2, 0.25) is 0 Å². The number of hydrogen-bond acceptors (Lipinski definition) is 2. The lowest BCUT2D eigenvalue weighted by Gasteiger charge is -2.04. The number of rotatable bonds is 4. The van der Waals surface area contributed by atoms with Crippen molar-refractivity contribution in [3.63, 3.8) is 0 Å². The lowest BCUT2D eigenvalue weighted by atomic mass is 10.2. The van der Waals surface area contributed by atoms with Crippen LogP contribution < -0.4 is 16.8 Å². The molecule has 64 valence electrons. The summed E-state index contributed by atoms with van der Waals surface area (Å²) < 4.78 is 0. The molecule has 0 rings (SSSR count). The van der Waals surface area contributed by atoms with Gasteiger partial charge in [-0.05, 0) is 26.3 Å². The van der Waals surface area contributed by atoms with E-state index in [9.17, 15) is 4.79 Å². The number of carbonyl (C=O) groups excluding carboxylic acids is 1. The summed E-state index contributed by atoms with van der Waals surface area (Å²) in [6.07, 6.45) is 3.45. The number of nitrogens with two attached hydrogens (primary N) is 2. The number of allylic oxidation sites excluding steroid dienone is 2. The third-order valence-electron chi connectivity index (χ3n) is 1.28. The first-order chi connectivity index (χ1) is 5.20. The summed E-state index contributed by atoms with van der Waals surface area (Å²) in [5.41, 5.74) is 11.0. The van der Waals surface area contributed by atoms with Crippen LogP contribution in [0.25, 0.3) is 0 Å². The molecule has 0 spiro atoms. The Hall–Kier alpha value is -1.03. The van der Waals surface area contributed by atoms with Gasteiger partial charge in [-0.25, -0.2) is 4.79 Å². The van der Waals surface area contributed by atoms with Crippen molar-refractivity contribution >= 4 is 6.03 Å². The number of nitrogens with one attached hydrogen (secondary N) is 1. The van der Waals surface area contributed by atoms with Crippen LogP contribution in [-0.4, -0.2) is 12.6 Å². The Morgan fingerprint density at radius 2 is 2.27 bits per heavy atom. The maximum atomic E-state index is 10.4. The van der Waals surface area contributed by atoms with Gasteiger partial charge in [0.25, 0.3) is 0 Å². The number of hydrogen-bond donors (Lipinski definition) is 3. The van der Waals surface area contributed by atoms with Gasteiger partial charge in [0.2, 0.25) is 0 Å². The molecule has 0 aromatic rings. The minimum Gasteiger partial charge on any atom is -0.351 e. The van der Waals surface area contributed by atoms with Crippen LogP contribution in [0.15, 0.2) is 11.8 Å². The van der Waals surface area contributed by atoms with Gasteiger partial charge < -0.3 is 16.8 Å². The van der Waals surface area contributed by atoms with Crippen molar-refractivity contribution in [3.05, 3.63) is 11.8 Å². The van der Waals surface area contributed by atoms with Gasteiger partial charge in [-0.15, -0.1) is 0 Å². The first-order valence-electron chi connectivity index (χ1n) is 3.62. The van der Waals surface area contributed by atoms with E-state index in [4.69, 9.17) is 11.5 Å². The van der Waals surface area contributed by atoms with Crippen LogP contribution in [0.3, 0.4) is 0 Å². The lowest BCUT2D eigenvalue weighted by Crippen LogP contribution is -2.28. The first-order valence-corrected chi connectivity index (χ1v) is 3.62. The van der Waals surface area contributed by atoms with Crippen LogP contribution in [0, 0.1) is 0 Å². The predicted molar refractivity (Wildman–Crippen MR) is 44.8 cm³/mol. The summed E-state index contributed by atoms with van der Waals surface area (Å²) in [7, 11) is 0. The van der Waals surface area contributed by atoms with Crippen molar-refractivity contribution in [1.82, 2.24) is 5.32 Å². The molecule has 0 aromatic heterocycles. The molecule has 0 aromatic carbocycles. The van der Waals surface area contributed by atoms with E-state index in [-0.39, 0.29) is 0 Å². The van der Waals surface area contributed by atoms with Gasteiger partial charge in [0.1, 0.15) is 0 Å². The molecule has 0 aliphatic heterocycles. The SMILES string of the molecule is C/C=C(\CCCN)NC(N)=O. The molecule has 0 saturated carbocycles. The van der Waals surface area contributed by atoms with Gasteiger partial charge >= 0.3 is 6.03 Å². The van der Waals surface area contributed by atoms with Crippen LogP contribution in [0.1, 0.15) is 19.8 Å². The zero-order valence-electron chi connectivity index (χ0n) is 6.76. The van der Waals surface area contributed by atoms with Crippen molar-refractivity contribution in [2.75, 3.05) is 6.54 Å². The Bertz CT molecular complexity index is 154. The van der Waals surface area contributed by atoms with E-state index >= 15 is 0 Å². The highest BCUT2D eigenvalue weighted by atomic mass is 16.2. The molecular weight excluding hydrogens is 142 g/mol. The second-order valence-electron chi connectivity index (χ2n) is 2.20. The van der Waals surface area contributed by atoms with Crippen molar-refractivity contribution in [3.8, 4) is 0 Å². The fourth-order valence-electron chi connectivity index (χ4n) is 0.730. The number of amides is 2. The third kappa shape index (κ3) is 5.42. The number of carbonyl (C=O) groups is 1. The molecule has 11 heavy (non-hydrogen) atoms. The normalized spacial score (nSPS) is 11.3. The highest BCUT2D eigenvalue weighted by molar-refractivity contribution is 5.73. The number of urea groups is 1. The van der Waals surface area contributed by atoms with Gasteiger partial charge in [0.15, 0.2) is 0 Å². The Balaban J connectivity index is 3.69. The third-order valence-corrected chi connectivity index (χ3v) is 1.28. The molecule has 0 fully saturated rings. The molecule has 0 heterocycles. The van der Waals surface area contributed by atoms with Crippen molar-refractivity contribution in [2.45, 2.75) is 19.8 Å². The van der Waals surface area contributed by atoms with E-state index in [1.807, 2.05) is 13.0 Å². The Kier molecular flexibility index (Phi) is 5.20. The van der Waals surface area contributed by atoms with E-state index in [0.717, 1.165) is 18.5 Å². The average Bonchev–Trinajstić information content (AvgIpc) is 1.97. The Morgan fingerprint density at radius 1 is 1.64 bits per heavy atom. The molecule has 0 radical (unpaired) electrons. The molecule has 0 aliphatic rings. The number of primary amides is 1. The van der Waals surface area contributed by atoms with Crippen molar-refractivity contribution in [1.29, 1.82) is 0 Å². The van der Waals surface area contributed by atoms with E-state index in [2.05, 4.69) is 5.32 Å². The summed E-state index contributed by atoms with van der Waals surface area (Å²) in [6, 6.07) is -0.518. The smallest absolute Gasteiger partial charge is 0.316 e. The van der Waals surface area contributed by atoms with Crippen LogP contribution >= 0.6 is 0 Å². The average molecular weight is 157 g/mol. The second-order valence-corrected chi connectivity index (χ2v) is 2.20. The zero-order valence-corrected chi connectivity index (χ0v) is 6.76. The van der Waals surface area contributed by atoms with Crippen LogP contribution in [0.4, 0.5) is 4.79 Å². The van der Waals surface area contributed by atoms with Gasteiger partial charge in [-0.1, -0.05) is 6.08 Å². The highest BCUT2D eigenvalue weighted by Crippen LogP contribution is 1.98. The standard InChI is InChI=1S/C7H15N3O/c1-2-6(4-3-5-8)10-7(9)11/h2H,3-5,8H2,1H3,(H3,9,10,11)/b6-2+. The van der Waals surface area contributed by atoms with Crippen LogP contribution in [0.5, 0.6) is 0 Å². The van der Waals surface area contributed by atoms with E-state index < -0.39 is 6.03 Å². The lowest BCUT2D eigenvalue weighted by molar-refractivity contribution is 0.251. The molecule has 0 aliphatic carbocycles. The monoisotopic (exact) mass is 157 g/mol. The van der Waals surface area contributed by atoms with E-state index in [0.29, 0.717) is 6.54 Å². The van der Waals surface area contributed by atoms with Crippen molar-refractivity contribution in [2.24, 2.45) is 11.5 Å². The Labute approximate surface area is 66.6 Å². The van der Waals surface area contributed by atoms with Gasteiger partial charge in [-0.2, -0.15) is 0 Å². The largest absolute Gasteiger partial charge is 0.351 e. The fraction of sp³-hybridized carbons (Fsp3) is 0.571. The summed E-state index contributed by atoms with van der Waals surface area (Å²) in [4.78, 5) is 10.4. The van der Waals surface area contributed by atoms with Gasteiger partial charge in [-0.3, -0.25) is 0 Å². The summed E-state index contributed by atoms with van der Waals surface area (Å²) in [6.45, 7) is 2.47. The zero-order chi connectivity index (χ0) is 8.69. The quantitative estimate of drug-likeness (QED) is 0.548. The molecule has 0 atom stereocenters. The minimum atomic E-state index is -0.518. The topological polar surface area (TPSA) is 81.1 Å². The van der Waals surface area contributed by atoms with E-state index in [1.54, 1.807) is 0 Å². The predicted octanol–water partition coefficient (Wildman–Crippen LogP) is 0.297. The molecule has 5 N–H and O–H groups in total. The minimum absolute atomic E-state index is 0.518. The van der Waals surface area contributed by atoms with Crippen molar-refractivity contribution < 1.29 is 4.79 Å².